The fourth-order valence-corrected chi connectivity index (χ4v) is 4.02. The molecular formula is C32H29N3O6. The zero-order chi connectivity index (χ0) is 29.2. The van der Waals surface area contributed by atoms with Crippen LogP contribution in [0.15, 0.2) is 102 Å². The Bertz CT molecular complexity index is 1550. The fourth-order valence-electron chi connectivity index (χ4n) is 4.02. The number of hydrogen-bond donors (Lipinski definition) is 2. The van der Waals surface area contributed by atoms with E-state index in [1.165, 1.54) is 11.1 Å². The highest BCUT2D eigenvalue weighted by molar-refractivity contribution is 6.09. The predicted molar refractivity (Wildman–Crippen MR) is 158 cm³/mol. The first-order valence-corrected chi connectivity index (χ1v) is 12.8. The molecule has 2 N–H and O–H groups in total. The van der Waals surface area contributed by atoms with Gasteiger partial charge < -0.3 is 24.9 Å². The maximum atomic E-state index is 13.2. The van der Waals surface area contributed by atoms with Crippen molar-refractivity contribution in [3.8, 4) is 16.9 Å². The van der Waals surface area contributed by atoms with Crippen molar-refractivity contribution >= 4 is 35.4 Å². The minimum absolute atomic E-state index is 0.0140. The van der Waals surface area contributed by atoms with Gasteiger partial charge in [0.1, 0.15) is 12.4 Å². The second-order valence-electron chi connectivity index (χ2n) is 9.04. The minimum atomic E-state index is -1.13. The van der Waals surface area contributed by atoms with Crippen molar-refractivity contribution in [2.45, 2.75) is 6.92 Å². The third-order valence-electron chi connectivity index (χ3n) is 6.11. The largest absolute Gasteiger partial charge is 0.486 e. The van der Waals surface area contributed by atoms with Crippen LogP contribution < -0.4 is 15.0 Å². The van der Waals surface area contributed by atoms with E-state index in [-0.39, 0.29) is 18.4 Å². The van der Waals surface area contributed by atoms with Gasteiger partial charge in [0.05, 0.1) is 11.9 Å². The topological polar surface area (TPSA) is 118 Å². The van der Waals surface area contributed by atoms with Crippen molar-refractivity contribution in [2.24, 2.45) is 5.16 Å². The van der Waals surface area contributed by atoms with Gasteiger partial charge in [0, 0.05) is 23.9 Å². The number of anilines is 2. The molecular weight excluding hydrogens is 522 g/mol. The van der Waals surface area contributed by atoms with E-state index >= 15 is 0 Å². The van der Waals surface area contributed by atoms with E-state index < -0.39 is 12.6 Å². The molecule has 0 heterocycles. The molecule has 0 atom stereocenters. The van der Waals surface area contributed by atoms with Crippen LogP contribution >= 0.6 is 0 Å². The van der Waals surface area contributed by atoms with E-state index in [0.29, 0.717) is 28.3 Å². The molecule has 0 aliphatic carbocycles. The summed E-state index contributed by atoms with van der Waals surface area (Å²) in [6.45, 7) is 1.48. The molecule has 0 spiro atoms. The number of para-hydroxylation sites is 2. The summed E-state index contributed by atoms with van der Waals surface area (Å²) in [5, 5.41) is 15.0. The van der Waals surface area contributed by atoms with Gasteiger partial charge in [-0.05, 0) is 60.5 Å². The quantitative estimate of drug-likeness (QED) is 0.184. The number of carboxylic acids is 1. The third kappa shape index (κ3) is 7.57. The Balaban J connectivity index is 1.42. The highest BCUT2D eigenvalue weighted by Gasteiger charge is 2.18. The number of carbonyl (C=O) groups is 3. The molecule has 0 aromatic heterocycles. The highest BCUT2D eigenvalue weighted by atomic mass is 16.6. The van der Waals surface area contributed by atoms with Gasteiger partial charge in [0.25, 0.3) is 11.8 Å². The standard InChI is InChI=1S/C32H29N3O6/c1-22-11-13-23(14-12-22)26-7-3-4-8-27(26)31(38)34-25-17-15-24(16-18-25)32(39)35(2)28-9-5-6-10-29(28)40-20-19-33-41-21-30(36)37/h3-19H,20-21H2,1-2H3,(H,34,38)(H,36,37). The number of aryl methyl sites for hydroxylation is 1. The van der Waals surface area contributed by atoms with Gasteiger partial charge in [-0.15, -0.1) is 0 Å². The predicted octanol–water partition coefficient (Wildman–Crippen LogP) is 5.66. The van der Waals surface area contributed by atoms with Gasteiger partial charge in [-0.3, -0.25) is 9.59 Å². The van der Waals surface area contributed by atoms with E-state index in [9.17, 15) is 14.4 Å². The normalized spacial score (nSPS) is 10.7. The number of carbonyl (C=O) groups excluding carboxylic acids is 2. The lowest BCUT2D eigenvalue weighted by atomic mass is 9.98. The molecule has 41 heavy (non-hydrogen) atoms. The van der Waals surface area contributed by atoms with Crippen LogP contribution in [0.4, 0.5) is 11.4 Å². The van der Waals surface area contributed by atoms with Crippen LogP contribution in [0.2, 0.25) is 0 Å². The van der Waals surface area contributed by atoms with E-state index in [1.807, 2.05) is 49.4 Å². The zero-order valence-electron chi connectivity index (χ0n) is 22.6. The number of aliphatic carboxylic acids is 1. The number of oxime groups is 1. The summed E-state index contributed by atoms with van der Waals surface area (Å²) in [7, 11) is 1.63. The van der Waals surface area contributed by atoms with Crippen LogP contribution in [-0.4, -0.2) is 49.4 Å². The second-order valence-corrected chi connectivity index (χ2v) is 9.04. The first-order valence-electron chi connectivity index (χ1n) is 12.8. The zero-order valence-corrected chi connectivity index (χ0v) is 22.6. The highest BCUT2D eigenvalue weighted by Crippen LogP contribution is 2.29. The molecule has 0 fully saturated rings. The van der Waals surface area contributed by atoms with E-state index in [4.69, 9.17) is 9.84 Å². The lowest BCUT2D eigenvalue weighted by Crippen LogP contribution is -2.26. The third-order valence-corrected chi connectivity index (χ3v) is 6.11. The average molecular weight is 552 g/mol. The van der Waals surface area contributed by atoms with Gasteiger partial charge in [-0.2, -0.15) is 0 Å². The molecule has 4 aromatic rings. The van der Waals surface area contributed by atoms with Crippen LogP contribution in [0.1, 0.15) is 26.3 Å². The lowest BCUT2D eigenvalue weighted by Gasteiger charge is -2.20. The van der Waals surface area contributed by atoms with E-state index in [1.54, 1.807) is 61.6 Å². The Hall–Kier alpha value is -5.44. The number of hydrogen-bond acceptors (Lipinski definition) is 6. The van der Waals surface area contributed by atoms with Crippen LogP contribution in [0.5, 0.6) is 5.75 Å². The van der Waals surface area contributed by atoms with Crippen molar-refractivity contribution < 1.29 is 29.1 Å². The van der Waals surface area contributed by atoms with Gasteiger partial charge in [0.15, 0.2) is 0 Å². The van der Waals surface area contributed by atoms with Crippen molar-refractivity contribution in [1.29, 1.82) is 0 Å². The first kappa shape index (κ1) is 28.6. The molecule has 0 unspecified atom stereocenters. The van der Waals surface area contributed by atoms with Gasteiger partial charge in [-0.1, -0.05) is 65.3 Å². The Kier molecular flexibility index (Phi) is 9.45. The Morgan fingerprint density at radius 1 is 0.902 bits per heavy atom. The van der Waals surface area contributed by atoms with Crippen LogP contribution in [0.3, 0.4) is 0 Å². The van der Waals surface area contributed by atoms with Crippen LogP contribution in [0.25, 0.3) is 11.1 Å². The maximum Gasteiger partial charge on any atom is 0.344 e. The van der Waals surface area contributed by atoms with Gasteiger partial charge in [0.2, 0.25) is 6.61 Å². The smallest absolute Gasteiger partial charge is 0.344 e. The van der Waals surface area contributed by atoms with E-state index in [0.717, 1.165) is 16.7 Å². The van der Waals surface area contributed by atoms with Gasteiger partial charge >= 0.3 is 5.97 Å². The Morgan fingerprint density at radius 3 is 2.32 bits per heavy atom. The minimum Gasteiger partial charge on any atom is -0.486 e. The molecule has 4 aromatic carbocycles. The van der Waals surface area contributed by atoms with Crippen molar-refractivity contribution in [3.63, 3.8) is 0 Å². The van der Waals surface area contributed by atoms with Crippen LogP contribution in [-0.2, 0) is 9.63 Å². The molecule has 0 aliphatic heterocycles. The van der Waals surface area contributed by atoms with Gasteiger partial charge in [-0.25, -0.2) is 4.79 Å². The lowest BCUT2D eigenvalue weighted by molar-refractivity contribution is -0.142. The molecule has 9 heteroatoms. The van der Waals surface area contributed by atoms with Crippen molar-refractivity contribution in [1.82, 2.24) is 0 Å². The summed E-state index contributed by atoms with van der Waals surface area (Å²) in [5.74, 6) is -1.22. The summed E-state index contributed by atoms with van der Waals surface area (Å²) in [4.78, 5) is 42.9. The molecule has 0 saturated carbocycles. The molecule has 0 aliphatic rings. The fraction of sp³-hybridized carbons (Fsp3) is 0.125. The molecule has 208 valence electrons. The Labute approximate surface area is 237 Å². The molecule has 0 bridgehead atoms. The molecule has 2 amide bonds. The summed E-state index contributed by atoms with van der Waals surface area (Å²) >= 11 is 0. The summed E-state index contributed by atoms with van der Waals surface area (Å²) < 4.78 is 5.69. The summed E-state index contributed by atoms with van der Waals surface area (Å²) in [6.07, 6.45) is 1.29. The van der Waals surface area contributed by atoms with Crippen LogP contribution in [0, 0.1) is 6.92 Å². The number of nitrogens with one attached hydrogen (secondary N) is 1. The maximum absolute atomic E-state index is 13.2. The Morgan fingerprint density at radius 2 is 1.59 bits per heavy atom. The summed E-state index contributed by atoms with van der Waals surface area (Å²) in [6, 6.07) is 29.1. The number of carboxylic acid groups (broad SMARTS) is 1. The molecule has 9 nitrogen and oxygen atoms in total. The SMILES string of the molecule is Cc1ccc(-c2ccccc2C(=O)Nc2ccc(C(=O)N(C)c3ccccc3OCC=NOCC(=O)O)cc2)cc1. The van der Waals surface area contributed by atoms with Crippen molar-refractivity contribution in [3.05, 3.63) is 114 Å². The average Bonchev–Trinajstić information content (AvgIpc) is 2.99. The number of rotatable bonds is 11. The monoisotopic (exact) mass is 551 g/mol. The molecule has 4 rings (SSSR count). The number of benzene rings is 4. The summed E-state index contributed by atoms with van der Waals surface area (Å²) in [5.41, 5.74) is 4.98. The molecule has 0 saturated heterocycles. The van der Waals surface area contributed by atoms with E-state index in [2.05, 4.69) is 15.3 Å². The number of amides is 2. The molecule has 0 radical (unpaired) electrons. The first-order chi connectivity index (χ1) is 19.8. The number of nitrogens with zero attached hydrogens (tertiary/aromatic N) is 2. The number of ether oxygens (including phenoxy) is 1. The van der Waals surface area contributed by atoms with Crippen molar-refractivity contribution in [2.75, 3.05) is 30.5 Å². The second kappa shape index (κ2) is 13.6.